The maximum atomic E-state index is 12.2. The number of carbonyl (C=O) groups is 1. The van der Waals surface area contributed by atoms with Gasteiger partial charge in [0.15, 0.2) is 11.5 Å². The van der Waals surface area contributed by atoms with Gasteiger partial charge in [-0.2, -0.15) is 16.4 Å². The lowest BCUT2D eigenvalue weighted by molar-refractivity contribution is -0.132. The Kier molecular flexibility index (Phi) is 4.34. The van der Waals surface area contributed by atoms with Crippen molar-refractivity contribution in [2.75, 3.05) is 7.11 Å². The molecule has 0 unspecified atom stereocenters. The van der Waals surface area contributed by atoms with Gasteiger partial charge in [-0.3, -0.25) is 4.79 Å². The number of ether oxygens (including phenoxy) is 1. The zero-order valence-corrected chi connectivity index (χ0v) is 13.8. The van der Waals surface area contributed by atoms with Gasteiger partial charge in [-0.25, -0.2) is 5.01 Å². The van der Waals surface area contributed by atoms with Gasteiger partial charge >= 0.3 is 0 Å². The van der Waals surface area contributed by atoms with Gasteiger partial charge in [0.25, 0.3) is 0 Å². The molecule has 1 aliphatic heterocycles. The van der Waals surface area contributed by atoms with E-state index in [1.807, 2.05) is 18.4 Å². The number of carbonyl (C=O) groups excluding carboxylic acids is 1. The molecule has 6 heteroatoms. The van der Waals surface area contributed by atoms with Crippen molar-refractivity contribution in [3.05, 3.63) is 46.2 Å². The molecule has 0 aliphatic carbocycles. The second-order valence-electron chi connectivity index (χ2n) is 5.30. The lowest BCUT2D eigenvalue weighted by Crippen LogP contribution is -2.25. The molecule has 0 spiro atoms. The average molecular weight is 330 g/mol. The Bertz CT molecular complexity index is 740. The smallest absolute Gasteiger partial charge is 0.242 e. The Morgan fingerprint density at radius 2 is 2.30 bits per heavy atom. The van der Waals surface area contributed by atoms with Crippen LogP contribution in [0.15, 0.2) is 40.1 Å². The van der Waals surface area contributed by atoms with Gasteiger partial charge in [-0.15, -0.1) is 0 Å². The number of phenols is 1. The minimum absolute atomic E-state index is 0.00180. The SMILES string of the molecule is CCC(=O)N1N=C(c2ccc(O)c(OC)c2)C[C@@H]1c1ccsc1. The zero-order chi connectivity index (χ0) is 16.4. The van der Waals surface area contributed by atoms with Gasteiger partial charge in [0, 0.05) is 18.4 Å². The molecule has 23 heavy (non-hydrogen) atoms. The third-order valence-electron chi connectivity index (χ3n) is 3.91. The first-order valence-electron chi connectivity index (χ1n) is 7.43. The summed E-state index contributed by atoms with van der Waals surface area (Å²) in [7, 11) is 1.51. The van der Waals surface area contributed by atoms with Crippen LogP contribution in [0.5, 0.6) is 11.5 Å². The molecule has 1 amide bonds. The highest BCUT2D eigenvalue weighted by Gasteiger charge is 2.32. The average Bonchev–Trinajstić information content (AvgIpc) is 3.23. The van der Waals surface area contributed by atoms with E-state index in [0.717, 1.165) is 16.8 Å². The van der Waals surface area contributed by atoms with Gasteiger partial charge < -0.3 is 9.84 Å². The molecule has 5 nitrogen and oxygen atoms in total. The third kappa shape index (κ3) is 2.94. The quantitative estimate of drug-likeness (QED) is 0.932. The van der Waals surface area contributed by atoms with Crippen LogP contribution in [0.3, 0.4) is 0 Å². The monoisotopic (exact) mass is 330 g/mol. The van der Waals surface area contributed by atoms with E-state index >= 15 is 0 Å². The zero-order valence-electron chi connectivity index (χ0n) is 13.0. The second-order valence-corrected chi connectivity index (χ2v) is 6.08. The van der Waals surface area contributed by atoms with Gasteiger partial charge in [-0.1, -0.05) is 6.92 Å². The summed E-state index contributed by atoms with van der Waals surface area (Å²) in [4.78, 5) is 12.2. The van der Waals surface area contributed by atoms with Crippen LogP contribution in [0.2, 0.25) is 0 Å². The number of phenolic OH excluding ortho intramolecular Hbond substituents is 1. The Morgan fingerprint density at radius 1 is 1.48 bits per heavy atom. The number of thiophene rings is 1. The van der Waals surface area contributed by atoms with E-state index in [1.54, 1.807) is 34.5 Å². The minimum atomic E-state index is -0.0662. The number of rotatable bonds is 4. The summed E-state index contributed by atoms with van der Waals surface area (Å²) < 4.78 is 5.16. The summed E-state index contributed by atoms with van der Waals surface area (Å²) in [6.45, 7) is 1.84. The van der Waals surface area contributed by atoms with E-state index in [-0.39, 0.29) is 17.7 Å². The molecule has 1 atom stereocenters. The summed E-state index contributed by atoms with van der Waals surface area (Å²) in [5.74, 6) is 0.491. The van der Waals surface area contributed by atoms with E-state index in [0.29, 0.717) is 18.6 Å². The molecule has 0 radical (unpaired) electrons. The predicted octanol–water partition coefficient (Wildman–Crippen LogP) is 3.55. The first-order chi connectivity index (χ1) is 11.1. The molecule has 2 aromatic rings. The molecule has 0 fully saturated rings. The van der Waals surface area contributed by atoms with Crippen LogP contribution in [0.1, 0.15) is 36.9 Å². The van der Waals surface area contributed by atoms with Crippen molar-refractivity contribution in [3.8, 4) is 11.5 Å². The molecule has 2 heterocycles. The third-order valence-corrected chi connectivity index (χ3v) is 4.61. The molecule has 3 rings (SSSR count). The molecule has 120 valence electrons. The number of hydrazone groups is 1. The Labute approximate surface area is 138 Å². The number of amides is 1. The second kappa shape index (κ2) is 6.42. The number of hydrogen-bond acceptors (Lipinski definition) is 5. The van der Waals surface area contributed by atoms with E-state index in [9.17, 15) is 9.90 Å². The first kappa shape index (κ1) is 15.6. The fourth-order valence-electron chi connectivity index (χ4n) is 2.66. The van der Waals surface area contributed by atoms with Crippen LogP contribution in [0, 0.1) is 0 Å². The van der Waals surface area contributed by atoms with E-state index in [4.69, 9.17) is 4.74 Å². The highest BCUT2D eigenvalue weighted by atomic mass is 32.1. The van der Waals surface area contributed by atoms with Gasteiger partial charge in [0.1, 0.15) is 0 Å². The number of nitrogens with zero attached hydrogens (tertiary/aromatic N) is 2. The van der Waals surface area contributed by atoms with Crippen molar-refractivity contribution in [2.45, 2.75) is 25.8 Å². The highest BCUT2D eigenvalue weighted by Crippen LogP contribution is 2.36. The molecular weight excluding hydrogens is 312 g/mol. The normalized spacial score (nSPS) is 17.2. The summed E-state index contributed by atoms with van der Waals surface area (Å²) in [5, 5.41) is 19.9. The van der Waals surface area contributed by atoms with Crippen LogP contribution >= 0.6 is 11.3 Å². The maximum absolute atomic E-state index is 12.2. The fraction of sp³-hybridized carbons (Fsp3) is 0.294. The van der Waals surface area contributed by atoms with Crippen molar-refractivity contribution < 1.29 is 14.6 Å². The minimum Gasteiger partial charge on any atom is -0.504 e. The number of methoxy groups -OCH3 is 1. The van der Waals surface area contributed by atoms with Crippen LogP contribution < -0.4 is 4.74 Å². The van der Waals surface area contributed by atoms with E-state index in [1.165, 1.54) is 7.11 Å². The molecule has 0 bridgehead atoms. The van der Waals surface area contributed by atoms with Crippen molar-refractivity contribution in [3.63, 3.8) is 0 Å². The van der Waals surface area contributed by atoms with Crippen LogP contribution in [-0.2, 0) is 4.79 Å². The van der Waals surface area contributed by atoms with Crippen LogP contribution in [-0.4, -0.2) is 28.8 Å². The molecule has 1 aromatic heterocycles. The summed E-state index contributed by atoms with van der Waals surface area (Å²) >= 11 is 1.61. The molecule has 1 N–H and O–H groups in total. The first-order valence-corrected chi connectivity index (χ1v) is 8.37. The topological polar surface area (TPSA) is 62.1 Å². The van der Waals surface area contributed by atoms with Crippen LogP contribution in [0.25, 0.3) is 0 Å². The Morgan fingerprint density at radius 3 is 2.96 bits per heavy atom. The molecular formula is C17H18N2O3S. The fourth-order valence-corrected chi connectivity index (χ4v) is 3.37. The summed E-state index contributed by atoms with van der Waals surface area (Å²) in [6.07, 6.45) is 1.06. The summed E-state index contributed by atoms with van der Waals surface area (Å²) in [5.41, 5.74) is 2.77. The van der Waals surface area contributed by atoms with Crippen molar-refractivity contribution in [2.24, 2.45) is 5.10 Å². The van der Waals surface area contributed by atoms with Crippen molar-refractivity contribution >= 4 is 23.0 Å². The van der Waals surface area contributed by atoms with Crippen LogP contribution in [0.4, 0.5) is 0 Å². The Hall–Kier alpha value is -2.34. The van der Waals surface area contributed by atoms with E-state index < -0.39 is 0 Å². The standard InChI is InChI=1S/C17H18N2O3S/c1-3-17(21)19-14(12-6-7-23-10-12)9-13(18-19)11-4-5-15(20)16(8-11)22-2/h4-8,10,14,20H,3,9H2,1-2H3/t14-/m1/s1. The molecule has 0 saturated carbocycles. The number of hydrogen-bond donors (Lipinski definition) is 1. The Balaban J connectivity index is 1.95. The van der Waals surface area contributed by atoms with E-state index in [2.05, 4.69) is 10.5 Å². The van der Waals surface area contributed by atoms with Crippen molar-refractivity contribution in [1.29, 1.82) is 0 Å². The molecule has 0 saturated heterocycles. The highest BCUT2D eigenvalue weighted by molar-refractivity contribution is 7.08. The molecule has 1 aliphatic rings. The molecule has 1 aromatic carbocycles. The lowest BCUT2D eigenvalue weighted by atomic mass is 10.00. The van der Waals surface area contributed by atoms with Gasteiger partial charge in [0.05, 0.1) is 18.9 Å². The van der Waals surface area contributed by atoms with Gasteiger partial charge in [0.2, 0.25) is 5.91 Å². The number of benzene rings is 1. The maximum Gasteiger partial charge on any atom is 0.242 e. The summed E-state index contributed by atoms with van der Waals surface area (Å²) in [6, 6.07) is 7.09. The lowest BCUT2D eigenvalue weighted by Gasteiger charge is -2.20. The van der Waals surface area contributed by atoms with Gasteiger partial charge in [-0.05, 0) is 40.6 Å². The van der Waals surface area contributed by atoms with Crippen molar-refractivity contribution in [1.82, 2.24) is 5.01 Å². The number of aromatic hydroxyl groups is 1. The predicted molar refractivity (Wildman–Crippen MR) is 90.0 cm³/mol. The largest absolute Gasteiger partial charge is 0.504 e.